The van der Waals surface area contributed by atoms with Crippen molar-refractivity contribution < 1.29 is 0 Å². The van der Waals surface area contributed by atoms with Gasteiger partial charge in [0.1, 0.15) is 5.69 Å². The molecule has 0 aliphatic heterocycles. The summed E-state index contributed by atoms with van der Waals surface area (Å²) in [5, 5.41) is 8.25. The molecule has 0 radical (unpaired) electrons. The van der Waals surface area contributed by atoms with Gasteiger partial charge in [0.15, 0.2) is 0 Å². The molecule has 4 N–H and O–H groups in total. The molecular formula is C13H14N4S. The van der Waals surface area contributed by atoms with Gasteiger partial charge in [0.2, 0.25) is 0 Å². The molecule has 0 saturated heterocycles. The van der Waals surface area contributed by atoms with E-state index in [0.717, 1.165) is 5.69 Å². The number of azo groups is 1. The number of rotatable bonds is 3. The van der Waals surface area contributed by atoms with Crippen LogP contribution in [0.25, 0.3) is 0 Å². The third kappa shape index (κ3) is 3.01. The fourth-order valence-corrected chi connectivity index (χ4v) is 1.83. The highest BCUT2D eigenvalue weighted by atomic mass is 32.2. The van der Waals surface area contributed by atoms with Gasteiger partial charge >= 0.3 is 0 Å². The van der Waals surface area contributed by atoms with E-state index < -0.39 is 0 Å². The molecule has 4 nitrogen and oxygen atoms in total. The third-order valence-corrected chi connectivity index (χ3v) is 3.14. The zero-order valence-electron chi connectivity index (χ0n) is 10.00. The number of anilines is 2. The number of hydrogen-bond donors (Lipinski definition) is 2. The second kappa shape index (κ2) is 5.55. The summed E-state index contributed by atoms with van der Waals surface area (Å²) >= 11 is 1.69. The fourth-order valence-electron chi connectivity index (χ4n) is 1.42. The van der Waals surface area contributed by atoms with Gasteiger partial charge in [-0.3, -0.25) is 0 Å². The number of nitrogens with two attached hydrogens (primary N) is 2. The summed E-state index contributed by atoms with van der Waals surface area (Å²) in [6.07, 6.45) is 2.03. The van der Waals surface area contributed by atoms with Gasteiger partial charge in [-0.25, -0.2) is 0 Å². The van der Waals surface area contributed by atoms with Crippen molar-refractivity contribution in [1.29, 1.82) is 0 Å². The van der Waals surface area contributed by atoms with Crippen molar-refractivity contribution in [1.82, 2.24) is 0 Å². The molecule has 0 atom stereocenters. The van der Waals surface area contributed by atoms with Crippen molar-refractivity contribution in [3.63, 3.8) is 0 Å². The number of thioether (sulfide) groups is 1. The van der Waals surface area contributed by atoms with E-state index >= 15 is 0 Å². The second-order valence-corrected chi connectivity index (χ2v) is 4.60. The monoisotopic (exact) mass is 258 g/mol. The fraction of sp³-hybridized carbons (Fsp3) is 0.0769. The Morgan fingerprint density at radius 3 is 2.28 bits per heavy atom. The molecule has 0 amide bonds. The Morgan fingerprint density at radius 1 is 0.944 bits per heavy atom. The van der Waals surface area contributed by atoms with Gasteiger partial charge < -0.3 is 11.5 Å². The Balaban J connectivity index is 2.19. The Kier molecular flexibility index (Phi) is 3.84. The molecule has 2 aromatic carbocycles. The molecule has 0 aliphatic carbocycles. The van der Waals surface area contributed by atoms with E-state index in [1.807, 2.05) is 30.5 Å². The van der Waals surface area contributed by atoms with Crippen LogP contribution in [0.2, 0.25) is 0 Å². The van der Waals surface area contributed by atoms with Crippen LogP contribution >= 0.6 is 11.8 Å². The summed E-state index contributed by atoms with van der Waals surface area (Å²) in [7, 11) is 0. The summed E-state index contributed by atoms with van der Waals surface area (Å²) in [6, 6.07) is 13.0. The maximum absolute atomic E-state index is 5.79. The zero-order valence-corrected chi connectivity index (χ0v) is 10.8. The van der Waals surface area contributed by atoms with E-state index in [4.69, 9.17) is 11.5 Å². The summed E-state index contributed by atoms with van der Waals surface area (Å²) in [5.74, 6) is 0. The topological polar surface area (TPSA) is 76.8 Å². The van der Waals surface area contributed by atoms with Crippen LogP contribution < -0.4 is 11.5 Å². The minimum atomic E-state index is 0.527. The summed E-state index contributed by atoms with van der Waals surface area (Å²) in [5.41, 5.74) is 14.0. The molecule has 0 bridgehead atoms. The smallest absolute Gasteiger partial charge is 0.109 e. The van der Waals surface area contributed by atoms with E-state index in [1.165, 1.54) is 4.90 Å². The molecule has 2 rings (SSSR count). The normalized spacial score (nSPS) is 10.9. The van der Waals surface area contributed by atoms with Crippen molar-refractivity contribution in [3.8, 4) is 0 Å². The van der Waals surface area contributed by atoms with E-state index in [2.05, 4.69) is 10.2 Å². The van der Waals surface area contributed by atoms with Gasteiger partial charge in [0.05, 0.1) is 11.4 Å². The van der Waals surface area contributed by atoms with Crippen LogP contribution in [0.15, 0.2) is 57.6 Å². The molecule has 2 aromatic rings. The molecule has 0 fully saturated rings. The predicted octanol–water partition coefficient (Wildman–Crippen LogP) is 3.99. The Labute approximate surface area is 110 Å². The van der Waals surface area contributed by atoms with Gasteiger partial charge in [-0.05, 0) is 48.7 Å². The van der Waals surface area contributed by atoms with E-state index in [1.54, 1.807) is 30.0 Å². The standard InChI is InChI=1S/C13H14N4S/c1-18-11-5-3-10(4-6-11)16-17-13-7-2-9(14)8-12(13)15/h2-8H,14-15H2,1H3. The molecule has 0 heterocycles. The first-order chi connectivity index (χ1) is 8.69. The SMILES string of the molecule is CSc1ccc(N=Nc2ccc(N)cc2N)cc1. The highest BCUT2D eigenvalue weighted by Gasteiger charge is 1.98. The lowest BCUT2D eigenvalue weighted by Crippen LogP contribution is -1.89. The van der Waals surface area contributed by atoms with Crippen LogP contribution in [0, 0.1) is 0 Å². The average Bonchev–Trinajstić information content (AvgIpc) is 2.38. The summed E-state index contributed by atoms with van der Waals surface area (Å²) < 4.78 is 0. The van der Waals surface area contributed by atoms with Crippen LogP contribution in [-0.2, 0) is 0 Å². The van der Waals surface area contributed by atoms with Gasteiger partial charge in [-0.1, -0.05) is 0 Å². The highest BCUT2D eigenvalue weighted by molar-refractivity contribution is 7.98. The summed E-state index contributed by atoms with van der Waals surface area (Å²) in [4.78, 5) is 1.20. The first-order valence-electron chi connectivity index (χ1n) is 5.40. The summed E-state index contributed by atoms with van der Waals surface area (Å²) in [6.45, 7) is 0. The lowest BCUT2D eigenvalue weighted by molar-refractivity contribution is 1.23. The molecular weight excluding hydrogens is 244 g/mol. The quantitative estimate of drug-likeness (QED) is 0.496. The van der Waals surface area contributed by atoms with Gasteiger partial charge in [0, 0.05) is 10.6 Å². The molecule has 92 valence electrons. The minimum absolute atomic E-state index is 0.527. The lowest BCUT2D eigenvalue weighted by atomic mass is 10.2. The first kappa shape index (κ1) is 12.4. The minimum Gasteiger partial charge on any atom is -0.399 e. The van der Waals surface area contributed by atoms with Crippen molar-refractivity contribution in [2.24, 2.45) is 10.2 Å². The van der Waals surface area contributed by atoms with Gasteiger partial charge in [0.25, 0.3) is 0 Å². The maximum atomic E-state index is 5.79. The van der Waals surface area contributed by atoms with Crippen molar-refractivity contribution >= 4 is 34.5 Å². The Morgan fingerprint density at radius 2 is 1.67 bits per heavy atom. The highest BCUT2D eigenvalue weighted by Crippen LogP contribution is 2.27. The first-order valence-corrected chi connectivity index (χ1v) is 6.62. The number of nitrogen functional groups attached to an aromatic ring is 2. The Bertz CT molecular complexity index is 564. The average molecular weight is 258 g/mol. The molecule has 5 heteroatoms. The lowest BCUT2D eigenvalue weighted by Gasteiger charge is -2.00. The van der Waals surface area contributed by atoms with Crippen LogP contribution in [0.4, 0.5) is 22.7 Å². The molecule has 0 saturated carbocycles. The van der Waals surface area contributed by atoms with Gasteiger partial charge in [-0.2, -0.15) is 5.11 Å². The van der Waals surface area contributed by atoms with E-state index in [-0.39, 0.29) is 0 Å². The van der Waals surface area contributed by atoms with Crippen LogP contribution in [0.3, 0.4) is 0 Å². The second-order valence-electron chi connectivity index (χ2n) is 3.72. The number of nitrogens with zero attached hydrogens (tertiary/aromatic N) is 2. The zero-order chi connectivity index (χ0) is 13.0. The predicted molar refractivity (Wildman–Crippen MR) is 77.7 cm³/mol. The van der Waals surface area contributed by atoms with Crippen LogP contribution in [0.5, 0.6) is 0 Å². The van der Waals surface area contributed by atoms with Crippen molar-refractivity contribution in [3.05, 3.63) is 42.5 Å². The molecule has 0 aliphatic rings. The van der Waals surface area contributed by atoms with Gasteiger partial charge in [-0.15, -0.1) is 16.9 Å². The molecule has 0 spiro atoms. The van der Waals surface area contributed by atoms with Crippen molar-refractivity contribution in [2.75, 3.05) is 17.7 Å². The number of hydrogen-bond acceptors (Lipinski definition) is 5. The number of benzene rings is 2. The van der Waals surface area contributed by atoms with Crippen LogP contribution in [0.1, 0.15) is 0 Å². The van der Waals surface area contributed by atoms with E-state index in [9.17, 15) is 0 Å². The van der Waals surface area contributed by atoms with Crippen molar-refractivity contribution in [2.45, 2.75) is 4.90 Å². The van der Waals surface area contributed by atoms with E-state index in [0.29, 0.717) is 17.1 Å². The Hall–Kier alpha value is -2.01. The van der Waals surface area contributed by atoms with Crippen LogP contribution in [-0.4, -0.2) is 6.26 Å². The largest absolute Gasteiger partial charge is 0.399 e. The molecule has 0 unspecified atom stereocenters. The maximum Gasteiger partial charge on any atom is 0.109 e. The third-order valence-electron chi connectivity index (χ3n) is 2.40. The molecule has 0 aromatic heterocycles. The molecule has 18 heavy (non-hydrogen) atoms.